The van der Waals surface area contributed by atoms with E-state index in [0.717, 1.165) is 6.42 Å². The van der Waals surface area contributed by atoms with Crippen LogP contribution in [0.4, 0.5) is 0 Å². The Labute approximate surface area is 63.9 Å². The zero-order chi connectivity index (χ0) is 6.41. The van der Waals surface area contributed by atoms with Crippen LogP contribution in [0.3, 0.4) is 0 Å². The highest BCUT2D eigenvalue weighted by Gasteiger charge is 1.87. The minimum absolute atomic E-state index is 0.0649. The van der Waals surface area contributed by atoms with Crippen LogP contribution in [0.2, 0.25) is 0 Å². The van der Waals surface area contributed by atoms with Gasteiger partial charge in [0.2, 0.25) is 0 Å². The first-order valence-corrected chi connectivity index (χ1v) is 3.47. The van der Waals surface area contributed by atoms with Crippen molar-refractivity contribution in [1.29, 1.82) is 0 Å². The zero-order valence-corrected chi connectivity index (χ0v) is 6.52. The second kappa shape index (κ2) is 5.60. The van der Waals surface area contributed by atoms with E-state index in [4.69, 9.17) is 27.9 Å². The first kappa shape index (κ1) is 8.47. The predicted octanol–water partition coefficient (Wildman–Crippen LogP) is 2.16. The van der Waals surface area contributed by atoms with Gasteiger partial charge in [0, 0.05) is 5.88 Å². The third kappa shape index (κ3) is 6.47. The molecule has 0 aromatic rings. The molecule has 48 valence electrons. The van der Waals surface area contributed by atoms with Crippen LogP contribution in [-0.2, 0) is 4.74 Å². The van der Waals surface area contributed by atoms with Crippen molar-refractivity contribution in [3.8, 4) is 0 Å². The minimum atomic E-state index is 0.0649. The van der Waals surface area contributed by atoms with E-state index in [1.807, 2.05) is 0 Å². The topological polar surface area (TPSA) is 9.23 Å². The summed E-state index contributed by atoms with van der Waals surface area (Å²) in [6.07, 6.45) is 0.786. The smallest absolute Gasteiger partial charge is 0.255 e. The van der Waals surface area contributed by atoms with Crippen molar-refractivity contribution in [2.45, 2.75) is 6.42 Å². The molecule has 0 aliphatic heterocycles. The molecule has 0 radical (unpaired) electrons. The molecule has 0 aliphatic carbocycles. The van der Waals surface area contributed by atoms with Crippen LogP contribution in [0.1, 0.15) is 6.42 Å². The number of ether oxygens (including phenoxy) is 1. The average molecular weight is 173 g/mol. The van der Waals surface area contributed by atoms with Crippen molar-refractivity contribution in [3.63, 3.8) is 0 Å². The van der Waals surface area contributed by atoms with E-state index in [-0.39, 0.29) is 4.51 Å². The van der Waals surface area contributed by atoms with Gasteiger partial charge in [0.1, 0.15) is 0 Å². The molecule has 4 heteroatoms. The number of hydrogen-bond acceptors (Lipinski definition) is 2. The fourth-order valence-corrected chi connectivity index (χ4v) is 0.477. The summed E-state index contributed by atoms with van der Waals surface area (Å²) in [5, 5.41) is 0. The standard InChI is InChI=1S/C4H6Cl2OS/c5-2-1-3-7-4(6)8/h1-3H2. The molecule has 0 spiro atoms. The number of alkyl halides is 1. The summed E-state index contributed by atoms with van der Waals surface area (Å²) in [6, 6.07) is 0. The molecule has 0 amide bonds. The summed E-state index contributed by atoms with van der Waals surface area (Å²) in [5.74, 6) is 0.583. The van der Waals surface area contributed by atoms with Crippen LogP contribution >= 0.6 is 35.4 Å². The maximum absolute atomic E-state index is 5.32. The van der Waals surface area contributed by atoms with Crippen LogP contribution in [0, 0.1) is 0 Å². The van der Waals surface area contributed by atoms with Crippen LogP contribution in [0.15, 0.2) is 0 Å². The average Bonchev–Trinajstić information content (AvgIpc) is 1.66. The monoisotopic (exact) mass is 172 g/mol. The maximum atomic E-state index is 5.32. The molecule has 0 N–H and O–H groups in total. The second-order valence-corrected chi connectivity index (χ2v) is 2.44. The molecule has 1 nitrogen and oxygen atoms in total. The largest absolute Gasteiger partial charge is 0.475 e. The molecule has 0 heterocycles. The van der Waals surface area contributed by atoms with Gasteiger partial charge >= 0.3 is 0 Å². The van der Waals surface area contributed by atoms with Crippen molar-refractivity contribution in [2.24, 2.45) is 0 Å². The molecule has 0 saturated heterocycles. The fraction of sp³-hybridized carbons (Fsp3) is 0.750. The van der Waals surface area contributed by atoms with Gasteiger partial charge in [-0.3, -0.25) is 0 Å². The van der Waals surface area contributed by atoms with E-state index in [0.29, 0.717) is 12.5 Å². The Morgan fingerprint density at radius 3 is 2.62 bits per heavy atom. The van der Waals surface area contributed by atoms with E-state index in [9.17, 15) is 0 Å². The van der Waals surface area contributed by atoms with Crippen LogP contribution in [0.25, 0.3) is 0 Å². The third-order valence-electron chi connectivity index (χ3n) is 0.494. The van der Waals surface area contributed by atoms with E-state index < -0.39 is 0 Å². The van der Waals surface area contributed by atoms with Crippen molar-refractivity contribution in [3.05, 3.63) is 0 Å². The summed E-state index contributed by atoms with van der Waals surface area (Å²) in [6.45, 7) is 0.520. The number of halogens is 2. The van der Waals surface area contributed by atoms with Gasteiger partial charge in [-0.05, 0) is 30.2 Å². The van der Waals surface area contributed by atoms with Gasteiger partial charge < -0.3 is 4.74 Å². The lowest BCUT2D eigenvalue weighted by Gasteiger charge is -1.96. The molecule has 0 atom stereocenters. The lowest BCUT2D eigenvalue weighted by molar-refractivity contribution is 0.322. The fourth-order valence-electron chi connectivity index (χ4n) is 0.207. The molecular formula is C4H6Cl2OS. The quantitative estimate of drug-likeness (QED) is 0.280. The Bertz CT molecular complexity index is 76.4. The number of rotatable bonds is 3. The summed E-state index contributed by atoms with van der Waals surface area (Å²) in [4.78, 5) is 0. The summed E-state index contributed by atoms with van der Waals surface area (Å²) < 4.78 is 4.76. The first-order valence-electron chi connectivity index (χ1n) is 2.15. The number of hydrogen-bond donors (Lipinski definition) is 0. The normalized spacial score (nSPS) is 8.75. The van der Waals surface area contributed by atoms with Crippen molar-refractivity contribution >= 4 is 39.9 Å². The molecule has 0 unspecified atom stereocenters. The molecule has 0 saturated carbocycles. The number of thiocarbonyl (C=S) groups is 1. The summed E-state index contributed by atoms with van der Waals surface area (Å²) in [5.41, 5.74) is 0. The SMILES string of the molecule is S=C(Cl)OCCCCl. The van der Waals surface area contributed by atoms with Gasteiger partial charge in [0.25, 0.3) is 4.51 Å². The lowest BCUT2D eigenvalue weighted by Crippen LogP contribution is -1.95. The Hall–Kier alpha value is 0.470. The van der Waals surface area contributed by atoms with E-state index >= 15 is 0 Å². The summed E-state index contributed by atoms with van der Waals surface area (Å²) in [7, 11) is 0. The van der Waals surface area contributed by atoms with Gasteiger partial charge in [-0.1, -0.05) is 0 Å². The zero-order valence-electron chi connectivity index (χ0n) is 4.19. The van der Waals surface area contributed by atoms with Crippen molar-refractivity contribution in [1.82, 2.24) is 0 Å². The Morgan fingerprint density at radius 1 is 1.62 bits per heavy atom. The lowest BCUT2D eigenvalue weighted by atomic mass is 10.5. The summed E-state index contributed by atoms with van der Waals surface area (Å²) >= 11 is 14.9. The van der Waals surface area contributed by atoms with Crippen molar-refractivity contribution in [2.75, 3.05) is 12.5 Å². The van der Waals surface area contributed by atoms with Gasteiger partial charge in [-0.2, -0.15) is 0 Å². The highest BCUT2D eigenvalue weighted by atomic mass is 35.5. The highest BCUT2D eigenvalue weighted by Crippen LogP contribution is 1.91. The third-order valence-corrected chi connectivity index (χ3v) is 0.988. The van der Waals surface area contributed by atoms with E-state index in [2.05, 4.69) is 12.2 Å². The molecule has 0 fully saturated rings. The molecular weight excluding hydrogens is 167 g/mol. The molecule has 0 bridgehead atoms. The van der Waals surface area contributed by atoms with Gasteiger partial charge in [-0.25, -0.2) is 0 Å². The molecule has 8 heavy (non-hydrogen) atoms. The Balaban J connectivity index is 2.82. The van der Waals surface area contributed by atoms with Crippen LogP contribution in [-0.4, -0.2) is 17.0 Å². The maximum Gasteiger partial charge on any atom is 0.255 e. The molecule has 0 aliphatic rings. The highest BCUT2D eigenvalue weighted by molar-refractivity contribution is 7.82. The molecule has 0 aromatic carbocycles. The molecule has 0 aromatic heterocycles. The van der Waals surface area contributed by atoms with Crippen LogP contribution < -0.4 is 0 Å². The Kier molecular flexibility index (Phi) is 5.93. The molecule has 0 rings (SSSR count). The van der Waals surface area contributed by atoms with Gasteiger partial charge in [-0.15, -0.1) is 11.6 Å². The van der Waals surface area contributed by atoms with E-state index in [1.165, 1.54) is 0 Å². The van der Waals surface area contributed by atoms with Crippen LogP contribution in [0.5, 0.6) is 0 Å². The predicted molar refractivity (Wildman–Crippen MR) is 39.7 cm³/mol. The van der Waals surface area contributed by atoms with Gasteiger partial charge in [0.05, 0.1) is 6.61 Å². The second-order valence-electron chi connectivity index (χ2n) is 1.13. The Morgan fingerprint density at radius 2 is 2.25 bits per heavy atom. The van der Waals surface area contributed by atoms with E-state index in [1.54, 1.807) is 0 Å². The van der Waals surface area contributed by atoms with Gasteiger partial charge in [0.15, 0.2) is 0 Å². The van der Waals surface area contributed by atoms with Crippen molar-refractivity contribution < 1.29 is 4.74 Å². The first-order chi connectivity index (χ1) is 3.77. The minimum Gasteiger partial charge on any atom is -0.475 e.